The maximum Gasteiger partial charge on any atom is 0.254 e. The highest BCUT2D eigenvalue weighted by Gasteiger charge is 2.34. The van der Waals surface area contributed by atoms with Gasteiger partial charge in [0, 0.05) is 37.2 Å². The molecule has 196 valence electrons. The van der Waals surface area contributed by atoms with Gasteiger partial charge in [-0.2, -0.15) is 0 Å². The van der Waals surface area contributed by atoms with Crippen LogP contribution in [0, 0.1) is 6.92 Å². The Balaban J connectivity index is 1.57. The van der Waals surface area contributed by atoms with E-state index in [0.29, 0.717) is 31.7 Å². The molecule has 1 aliphatic rings. The quantitative estimate of drug-likeness (QED) is 0.290. The molecular formula is C31H38N2O3S. The Morgan fingerprint density at radius 2 is 1.84 bits per heavy atom. The maximum atomic E-state index is 13.9. The molecule has 0 fully saturated rings. The summed E-state index contributed by atoms with van der Waals surface area (Å²) in [5.41, 5.74) is 5.38. The molecule has 0 spiro atoms. The number of fused-ring (bicyclic) bond motifs is 1. The van der Waals surface area contributed by atoms with Gasteiger partial charge in [0.1, 0.15) is 6.54 Å². The van der Waals surface area contributed by atoms with Crippen LogP contribution in [0.3, 0.4) is 0 Å². The molecule has 6 heteroatoms. The number of nitrogens with zero attached hydrogens (tertiary/aromatic N) is 2. The molecule has 2 heterocycles. The molecule has 0 aliphatic carbocycles. The molecule has 1 atom stereocenters. The van der Waals surface area contributed by atoms with Crippen LogP contribution in [0.15, 0.2) is 60.0 Å². The molecule has 1 aliphatic heterocycles. The van der Waals surface area contributed by atoms with Gasteiger partial charge >= 0.3 is 0 Å². The smallest absolute Gasteiger partial charge is 0.254 e. The number of carbonyl (C=O) groups excluding carboxylic acids is 2. The average Bonchev–Trinajstić information content (AvgIpc) is 3.40. The van der Waals surface area contributed by atoms with Crippen molar-refractivity contribution < 1.29 is 14.3 Å². The molecule has 2 amide bonds. The van der Waals surface area contributed by atoms with Gasteiger partial charge in [-0.15, -0.1) is 11.3 Å². The first-order chi connectivity index (χ1) is 18.0. The van der Waals surface area contributed by atoms with E-state index >= 15 is 0 Å². The zero-order valence-electron chi connectivity index (χ0n) is 22.2. The Labute approximate surface area is 225 Å². The third kappa shape index (κ3) is 6.49. The summed E-state index contributed by atoms with van der Waals surface area (Å²) in [5.74, 6) is -0.123. The van der Waals surface area contributed by atoms with Crippen molar-refractivity contribution in [3.8, 4) is 0 Å². The van der Waals surface area contributed by atoms with Crippen LogP contribution in [0.1, 0.15) is 69.7 Å². The van der Waals surface area contributed by atoms with E-state index in [-0.39, 0.29) is 24.4 Å². The van der Waals surface area contributed by atoms with Crippen molar-refractivity contribution in [3.05, 3.63) is 92.7 Å². The van der Waals surface area contributed by atoms with Gasteiger partial charge in [0.05, 0.1) is 6.04 Å². The van der Waals surface area contributed by atoms with E-state index in [9.17, 15) is 9.59 Å². The monoisotopic (exact) mass is 518 g/mol. The van der Waals surface area contributed by atoms with Crippen molar-refractivity contribution in [1.82, 2.24) is 9.80 Å². The molecule has 5 nitrogen and oxygen atoms in total. The zero-order chi connectivity index (χ0) is 26.2. The second-order valence-corrected chi connectivity index (χ2v) is 10.8. The number of ether oxygens (including phenoxy) is 1. The minimum absolute atomic E-state index is 0.0181. The number of unbranched alkanes of at least 4 members (excludes halogenated alkanes) is 1. The number of amides is 2. The van der Waals surface area contributed by atoms with Crippen molar-refractivity contribution in [2.24, 2.45) is 0 Å². The summed E-state index contributed by atoms with van der Waals surface area (Å²) < 4.78 is 5.24. The molecule has 1 aromatic heterocycles. The Morgan fingerprint density at radius 1 is 1.05 bits per heavy atom. The second kappa shape index (κ2) is 13.0. The number of thiophene rings is 1. The van der Waals surface area contributed by atoms with Gasteiger partial charge in [0.15, 0.2) is 0 Å². The number of benzene rings is 2. The number of hydrogen-bond acceptors (Lipinski definition) is 4. The predicted molar refractivity (Wildman–Crippen MR) is 150 cm³/mol. The Morgan fingerprint density at radius 3 is 2.57 bits per heavy atom. The summed E-state index contributed by atoms with van der Waals surface area (Å²) in [6, 6.07) is 18.2. The minimum atomic E-state index is -0.127. The lowest BCUT2D eigenvalue weighted by Gasteiger charge is -2.38. The summed E-state index contributed by atoms with van der Waals surface area (Å²) in [6.07, 6.45) is 4.82. The lowest BCUT2D eigenvalue weighted by Crippen LogP contribution is -2.47. The molecule has 0 saturated carbocycles. The third-order valence-corrected chi connectivity index (χ3v) is 8.18. The Hall–Kier alpha value is -2.96. The van der Waals surface area contributed by atoms with Crippen molar-refractivity contribution >= 4 is 23.2 Å². The van der Waals surface area contributed by atoms with Crippen LogP contribution in [0.4, 0.5) is 0 Å². The number of carbonyl (C=O) groups is 2. The van der Waals surface area contributed by atoms with E-state index in [1.54, 1.807) is 23.3 Å². The highest BCUT2D eigenvalue weighted by atomic mass is 32.1. The van der Waals surface area contributed by atoms with E-state index in [0.717, 1.165) is 31.2 Å². The fourth-order valence-corrected chi connectivity index (χ4v) is 6.00. The van der Waals surface area contributed by atoms with Gasteiger partial charge in [-0.1, -0.05) is 49.7 Å². The van der Waals surface area contributed by atoms with Crippen LogP contribution < -0.4 is 0 Å². The fourth-order valence-electron chi connectivity index (χ4n) is 5.10. The maximum absolute atomic E-state index is 13.9. The molecule has 4 rings (SSSR count). The summed E-state index contributed by atoms with van der Waals surface area (Å²) >= 11 is 1.76. The van der Waals surface area contributed by atoms with Gasteiger partial charge in [0.25, 0.3) is 5.91 Å². The number of rotatable bonds is 11. The lowest BCUT2D eigenvalue weighted by atomic mass is 9.90. The van der Waals surface area contributed by atoms with E-state index in [1.807, 2.05) is 41.3 Å². The van der Waals surface area contributed by atoms with Crippen LogP contribution in [-0.2, 0) is 22.4 Å². The molecule has 0 N–H and O–H groups in total. The van der Waals surface area contributed by atoms with Gasteiger partial charge in [0.2, 0.25) is 5.91 Å². The van der Waals surface area contributed by atoms with Crippen LogP contribution in [0.25, 0.3) is 0 Å². The van der Waals surface area contributed by atoms with E-state index < -0.39 is 0 Å². The van der Waals surface area contributed by atoms with Crippen LogP contribution in [-0.4, -0.2) is 55.0 Å². The lowest BCUT2D eigenvalue weighted by molar-refractivity contribution is -0.134. The van der Waals surface area contributed by atoms with Crippen LogP contribution in [0.2, 0.25) is 0 Å². The van der Waals surface area contributed by atoms with Crippen molar-refractivity contribution in [2.75, 3.05) is 33.4 Å². The van der Waals surface area contributed by atoms with Gasteiger partial charge in [-0.3, -0.25) is 9.59 Å². The molecular weight excluding hydrogens is 480 g/mol. The largest absolute Gasteiger partial charge is 0.385 e. The average molecular weight is 519 g/mol. The number of hydrogen-bond donors (Lipinski definition) is 0. The summed E-state index contributed by atoms with van der Waals surface area (Å²) in [5, 5.41) is 2.12. The first-order valence-corrected chi connectivity index (χ1v) is 14.2. The van der Waals surface area contributed by atoms with Crippen LogP contribution >= 0.6 is 11.3 Å². The molecule has 37 heavy (non-hydrogen) atoms. The standard InChI is InChI=1S/C31H38N2O3S/c1-4-5-10-24-12-14-25(15-13-24)31(35)32(18-8-20-36-3)22-29(34)33-19-16-28-27(17-21-37-28)30(33)26-11-7-6-9-23(26)2/h6-7,9,11-15,17,21,30H,4-5,8,10,16,18-20,22H2,1-3H3. The molecule has 3 aromatic rings. The minimum Gasteiger partial charge on any atom is -0.385 e. The molecule has 2 aromatic carbocycles. The normalized spacial score (nSPS) is 14.9. The SMILES string of the molecule is CCCCc1ccc(C(=O)N(CCCOC)CC(=O)N2CCc3sccc3C2c2ccccc2C)cc1. The van der Waals surface area contributed by atoms with Crippen molar-refractivity contribution in [1.29, 1.82) is 0 Å². The van der Waals surface area contributed by atoms with Crippen LogP contribution in [0.5, 0.6) is 0 Å². The van der Waals surface area contributed by atoms with E-state index in [1.165, 1.54) is 21.6 Å². The Bertz CT molecular complexity index is 1190. The summed E-state index contributed by atoms with van der Waals surface area (Å²) in [7, 11) is 1.66. The molecule has 1 unspecified atom stereocenters. The predicted octanol–water partition coefficient (Wildman–Crippen LogP) is 6.05. The van der Waals surface area contributed by atoms with Gasteiger partial charge in [-0.25, -0.2) is 0 Å². The molecule has 0 bridgehead atoms. The highest BCUT2D eigenvalue weighted by Crippen LogP contribution is 2.39. The van der Waals surface area contributed by atoms with E-state index in [4.69, 9.17) is 4.74 Å². The highest BCUT2D eigenvalue weighted by molar-refractivity contribution is 7.10. The second-order valence-electron chi connectivity index (χ2n) is 9.77. The van der Waals surface area contributed by atoms with Gasteiger partial charge < -0.3 is 14.5 Å². The third-order valence-electron chi connectivity index (χ3n) is 7.18. The first kappa shape index (κ1) is 27.1. The summed E-state index contributed by atoms with van der Waals surface area (Å²) in [4.78, 5) is 32.5. The topological polar surface area (TPSA) is 49.9 Å². The number of methoxy groups -OCH3 is 1. The molecule has 0 radical (unpaired) electrons. The summed E-state index contributed by atoms with van der Waals surface area (Å²) in [6.45, 7) is 6.01. The van der Waals surface area contributed by atoms with E-state index in [2.05, 4.69) is 37.4 Å². The van der Waals surface area contributed by atoms with Gasteiger partial charge in [-0.05, 0) is 78.4 Å². The molecule has 0 saturated heterocycles. The first-order valence-electron chi connectivity index (χ1n) is 13.3. The van der Waals surface area contributed by atoms with Crippen molar-refractivity contribution in [3.63, 3.8) is 0 Å². The zero-order valence-corrected chi connectivity index (χ0v) is 23.1. The number of aryl methyl sites for hydroxylation is 2. The van der Waals surface area contributed by atoms with Crippen molar-refractivity contribution in [2.45, 2.75) is 52.0 Å². The fraction of sp³-hybridized carbons (Fsp3) is 0.419. The Kier molecular flexibility index (Phi) is 9.53.